The van der Waals surface area contributed by atoms with Gasteiger partial charge in [0.15, 0.2) is 0 Å². The summed E-state index contributed by atoms with van der Waals surface area (Å²) in [5.74, 6) is 0. The topological polar surface area (TPSA) is 0 Å². The molecule has 0 aliphatic carbocycles. The Balaban J connectivity index is 2.98. The van der Waals surface area contributed by atoms with Gasteiger partial charge in [-0.1, -0.05) is 0 Å². The first-order valence-corrected chi connectivity index (χ1v) is 4.59. The van der Waals surface area contributed by atoms with Gasteiger partial charge < -0.3 is 0 Å². The van der Waals surface area contributed by atoms with E-state index in [4.69, 9.17) is 0 Å². The van der Waals surface area contributed by atoms with Crippen molar-refractivity contribution in [1.82, 2.24) is 0 Å². The molecule has 0 saturated carbocycles. The van der Waals surface area contributed by atoms with Crippen LogP contribution in [-0.4, -0.2) is 22.3 Å². The van der Waals surface area contributed by atoms with Crippen molar-refractivity contribution in [2.45, 2.75) is 30.2 Å². The summed E-state index contributed by atoms with van der Waals surface area (Å²) in [6.45, 7) is 5.95. The van der Waals surface area contributed by atoms with Crippen LogP contribution in [0.2, 0.25) is 3.97 Å². The van der Waals surface area contributed by atoms with Gasteiger partial charge in [-0.15, -0.1) is 0 Å². The van der Waals surface area contributed by atoms with E-state index in [1.54, 1.807) is 0 Å². The van der Waals surface area contributed by atoms with Crippen LogP contribution in [0.25, 0.3) is 0 Å². The van der Waals surface area contributed by atoms with Crippen molar-refractivity contribution < 1.29 is 0 Å². The maximum absolute atomic E-state index is 3.73. The Hall–Kier alpha value is 0.530. The van der Waals surface area contributed by atoms with Crippen molar-refractivity contribution in [3.05, 3.63) is 12.7 Å². The monoisotopic (exact) mass is 228 g/mol. The molecular weight excluding hydrogens is 212 g/mol. The Morgan fingerprint density at radius 3 is 2.75 bits per heavy atom. The summed E-state index contributed by atoms with van der Waals surface area (Å²) in [5, 5.41) is 0. The molecule has 0 aliphatic rings. The Bertz CT molecular complexity index is 59.4. The van der Waals surface area contributed by atoms with Crippen molar-refractivity contribution >= 4 is 22.3 Å². The molecule has 0 N–H and O–H groups in total. The van der Waals surface area contributed by atoms with Gasteiger partial charge in [-0.25, -0.2) is 0 Å². The fraction of sp³-hybridized carbons (Fsp3) is 0.714. The second-order valence-electron chi connectivity index (χ2n) is 1.95. The average Bonchev–Trinajstić information content (AvgIpc) is 1.83. The predicted molar refractivity (Wildman–Crippen MR) is 40.6 cm³/mol. The summed E-state index contributed by atoms with van der Waals surface area (Å²) in [7, 11) is 0. The van der Waals surface area contributed by atoms with Crippen molar-refractivity contribution in [3.63, 3.8) is 0 Å². The summed E-state index contributed by atoms with van der Waals surface area (Å²) >= 11 is 1.88. The fourth-order valence-corrected chi connectivity index (χ4v) is 1.05. The van der Waals surface area contributed by atoms with Crippen molar-refractivity contribution in [1.29, 1.82) is 0 Å². The fourth-order valence-electron chi connectivity index (χ4n) is 0.531. The molecule has 0 spiro atoms. The van der Waals surface area contributed by atoms with Crippen LogP contribution in [0.1, 0.15) is 26.2 Å². The van der Waals surface area contributed by atoms with Gasteiger partial charge in [-0.2, -0.15) is 0 Å². The van der Waals surface area contributed by atoms with Crippen LogP contribution in [0, 0.1) is 0 Å². The number of unbranched alkanes of at least 4 members (excludes halogenated alkanes) is 1. The first kappa shape index (κ1) is 8.53. The van der Waals surface area contributed by atoms with Gasteiger partial charge in [-0.05, 0) is 0 Å². The van der Waals surface area contributed by atoms with E-state index in [9.17, 15) is 0 Å². The van der Waals surface area contributed by atoms with Gasteiger partial charge in [0.25, 0.3) is 0 Å². The zero-order chi connectivity index (χ0) is 6.41. The van der Waals surface area contributed by atoms with Crippen LogP contribution in [-0.2, 0) is 0 Å². The van der Waals surface area contributed by atoms with Crippen LogP contribution in [0.15, 0.2) is 12.7 Å². The van der Waals surface area contributed by atoms with E-state index in [0.717, 1.165) is 3.97 Å². The molecule has 0 heterocycles. The molecule has 0 aromatic rings. The average molecular weight is 226 g/mol. The maximum atomic E-state index is 3.73. The van der Waals surface area contributed by atoms with Crippen LogP contribution in [0.4, 0.5) is 0 Å². The number of hydrogen-bond acceptors (Lipinski definition) is 0. The number of rotatable bonds is 4. The molecule has 0 fully saturated rings. The molecule has 0 nitrogen and oxygen atoms in total. The zero-order valence-electron chi connectivity index (χ0n) is 5.43. The minimum atomic E-state index is 0.768. The third-order valence-electron chi connectivity index (χ3n) is 1.13. The molecular formula is C7H14Te. The molecule has 1 unspecified atom stereocenters. The van der Waals surface area contributed by atoms with E-state index in [2.05, 4.69) is 13.5 Å². The van der Waals surface area contributed by atoms with E-state index in [1.165, 1.54) is 19.3 Å². The molecule has 0 radical (unpaired) electrons. The van der Waals surface area contributed by atoms with Crippen LogP contribution >= 0.6 is 0 Å². The van der Waals surface area contributed by atoms with E-state index in [0.29, 0.717) is 0 Å². The van der Waals surface area contributed by atoms with Crippen LogP contribution in [0.3, 0.4) is 0 Å². The first-order chi connectivity index (χ1) is 3.81. The molecule has 48 valence electrons. The molecule has 1 atom stereocenters. The Morgan fingerprint density at radius 1 is 1.75 bits per heavy atom. The summed E-state index contributed by atoms with van der Waals surface area (Å²) in [6, 6.07) is 0. The SMILES string of the molecule is C=CC([TeH])CCCC. The Morgan fingerprint density at radius 2 is 2.38 bits per heavy atom. The molecule has 0 rings (SSSR count). The van der Waals surface area contributed by atoms with E-state index >= 15 is 0 Å². The first-order valence-electron chi connectivity index (χ1n) is 3.12. The van der Waals surface area contributed by atoms with Crippen molar-refractivity contribution in [2.24, 2.45) is 0 Å². The van der Waals surface area contributed by atoms with E-state index < -0.39 is 0 Å². The molecule has 0 aromatic heterocycles. The molecule has 1 heteroatoms. The minimum absolute atomic E-state index is 0.768. The Labute approximate surface area is 65.3 Å². The molecule has 0 aromatic carbocycles. The summed E-state index contributed by atoms with van der Waals surface area (Å²) in [4.78, 5) is 0. The van der Waals surface area contributed by atoms with Crippen LogP contribution in [0.5, 0.6) is 0 Å². The van der Waals surface area contributed by atoms with Gasteiger partial charge in [0.05, 0.1) is 0 Å². The second kappa shape index (κ2) is 5.66. The van der Waals surface area contributed by atoms with E-state index in [-0.39, 0.29) is 0 Å². The molecule has 0 aliphatic heterocycles. The molecule has 0 bridgehead atoms. The third-order valence-corrected chi connectivity index (χ3v) is 2.46. The number of hydrogen-bond donors (Lipinski definition) is 0. The zero-order valence-corrected chi connectivity index (χ0v) is 7.98. The standard InChI is InChI=1S/C7H14Te/c1-3-5-6-7(8)4-2/h4,7-8H,2-3,5-6H2,1H3. The summed E-state index contributed by atoms with van der Waals surface area (Å²) in [6.07, 6.45) is 6.04. The van der Waals surface area contributed by atoms with E-state index in [1.807, 2.05) is 28.4 Å². The number of allylic oxidation sites excluding steroid dienone is 1. The van der Waals surface area contributed by atoms with Crippen molar-refractivity contribution in [2.75, 3.05) is 0 Å². The Kier molecular flexibility index (Phi) is 6.04. The van der Waals surface area contributed by atoms with Crippen LogP contribution < -0.4 is 0 Å². The summed E-state index contributed by atoms with van der Waals surface area (Å²) in [5.41, 5.74) is 0. The molecule has 8 heavy (non-hydrogen) atoms. The van der Waals surface area contributed by atoms with Gasteiger partial charge in [0.2, 0.25) is 0 Å². The normalized spacial score (nSPS) is 13.2. The third kappa shape index (κ3) is 4.68. The van der Waals surface area contributed by atoms with Gasteiger partial charge in [0.1, 0.15) is 0 Å². The quantitative estimate of drug-likeness (QED) is 0.508. The summed E-state index contributed by atoms with van der Waals surface area (Å²) < 4.78 is 0.768. The second-order valence-corrected chi connectivity index (χ2v) is 3.84. The van der Waals surface area contributed by atoms with Gasteiger partial charge >= 0.3 is 65.1 Å². The van der Waals surface area contributed by atoms with Crippen molar-refractivity contribution in [3.8, 4) is 0 Å². The molecule has 0 amide bonds. The van der Waals surface area contributed by atoms with Gasteiger partial charge in [0, 0.05) is 0 Å². The van der Waals surface area contributed by atoms with Gasteiger partial charge in [-0.3, -0.25) is 0 Å². The predicted octanol–water partition coefficient (Wildman–Crippen LogP) is 2.05. The molecule has 0 saturated heterocycles.